The van der Waals surface area contributed by atoms with Gasteiger partial charge in [0, 0.05) is 18.3 Å². The van der Waals surface area contributed by atoms with Crippen LogP contribution < -0.4 is 10.5 Å². The number of anilines is 1. The van der Waals surface area contributed by atoms with Crippen molar-refractivity contribution in [2.24, 2.45) is 5.41 Å². The van der Waals surface area contributed by atoms with Crippen LogP contribution in [0, 0.1) is 15.5 Å². The number of sulfonamides is 1. The Morgan fingerprint density at radius 1 is 1.37 bits per heavy atom. The summed E-state index contributed by atoms with van der Waals surface area (Å²) in [5.74, 6) is 0. The van der Waals surface area contributed by atoms with Gasteiger partial charge in [0.25, 0.3) is 5.69 Å². The molecule has 0 spiro atoms. The lowest BCUT2D eigenvalue weighted by atomic mass is 9.98. The highest BCUT2D eigenvalue weighted by Gasteiger charge is 2.27. The summed E-state index contributed by atoms with van der Waals surface area (Å²) in [6, 6.07) is 3.49. The van der Waals surface area contributed by atoms with Crippen LogP contribution in [0.15, 0.2) is 23.1 Å². The zero-order chi connectivity index (χ0) is 14.8. The lowest BCUT2D eigenvalue weighted by Crippen LogP contribution is -2.32. The number of benzene rings is 1. The molecule has 0 radical (unpaired) electrons. The van der Waals surface area contributed by atoms with E-state index >= 15 is 0 Å². The molecule has 0 atom stereocenters. The van der Waals surface area contributed by atoms with E-state index in [-0.39, 0.29) is 22.5 Å². The second kappa shape index (κ2) is 5.14. The van der Waals surface area contributed by atoms with E-state index in [4.69, 9.17) is 5.73 Å². The molecule has 1 aromatic carbocycles. The highest BCUT2D eigenvalue weighted by Crippen LogP contribution is 2.26. The topological polar surface area (TPSA) is 115 Å². The molecule has 3 N–H and O–H groups in total. The number of nitrogen functional groups attached to an aromatic ring is 1. The molecule has 7 nitrogen and oxygen atoms in total. The molecule has 0 amide bonds. The van der Waals surface area contributed by atoms with Crippen molar-refractivity contribution in [2.75, 3.05) is 12.3 Å². The molecule has 0 unspecified atom stereocenters. The third kappa shape index (κ3) is 4.18. The van der Waals surface area contributed by atoms with Gasteiger partial charge >= 0.3 is 0 Å². The molecule has 1 aromatic rings. The minimum absolute atomic E-state index is 0.140. The third-order valence-corrected chi connectivity index (χ3v) is 3.71. The van der Waals surface area contributed by atoms with Crippen LogP contribution in [0.1, 0.15) is 20.8 Å². The Bertz CT molecular complexity index is 590. The first kappa shape index (κ1) is 15.4. The molecular formula is C11H17N3O4S. The summed E-state index contributed by atoms with van der Waals surface area (Å²) in [6.45, 7) is 5.74. The minimum atomic E-state index is -3.93. The average molecular weight is 287 g/mol. The Morgan fingerprint density at radius 2 is 1.95 bits per heavy atom. The van der Waals surface area contributed by atoms with Gasteiger partial charge in [0.15, 0.2) is 4.90 Å². The Balaban J connectivity index is 3.18. The van der Waals surface area contributed by atoms with E-state index < -0.39 is 20.6 Å². The van der Waals surface area contributed by atoms with Crippen molar-refractivity contribution < 1.29 is 13.3 Å². The predicted octanol–water partition coefficient (Wildman–Crippen LogP) is 1.50. The van der Waals surface area contributed by atoms with Gasteiger partial charge in [-0.05, 0) is 17.5 Å². The normalized spacial score (nSPS) is 12.4. The first-order valence-corrected chi connectivity index (χ1v) is 7.05. The lowest BCUT2D eigenvalue weighted by Gasteiger charge is -2.18. The number of hydrogen-bond acceptors (Lipinski definition) is 5. The van der Waals surface area contributed by atoms with Crippen LogP contribution in [0.25, 0.3) is 0 Å². The quantitative estimate of drug-likeness (QED) is 0.494. The van der Waals surface area contributed by atoms with Crippen LogP contribution in [0.3, 0.4) is 0 Å². The Kier molecular flexibility index (Phi) is 4.16. The second-order valence-corrected chi connectivity index (χ2v) is 7.10. The van der Waals surface area contributed by atoms with E-state index in [1.165, 1.54) is 6.07 Å². The molecule has 0 fully saturated rings. The van der Waals surface area contributed by atoms with Gasteiger partial charge in [0.05, 0.1) is 4.92 Å². The first-order chi connectivity index (χ1) is 8.53. The molecule has 0 saturated carbocycles. The molecule has 8 heteroatoms. The number of nitro groups is 1. The maximum absolute atomic E-state index is 12.1. The largest absolute Gasteiger partial charge is 0.399 e. The van der Waals surface area contributed by atoms with Crippen molar-refractivity contribution in [2.45, 2.75) is 25.7 Å². The summed E-state index contributed by atoms with van der Waals surface area (Å²) < 4.78 is 26.5. The van der Waals surface area contributed by atoms with Gasteiger partial charge in [0.2, 0.25) is 10.0 Å². The summed E-state index contributed by atoms with van der Waals surface area (Å²) in [5, 5.41) is 10.9. The number of nitrogens with one attached hydrogen (secondary N) is 1. The van der Waals surface area contributed by atoms with Gasteiger partial charge in [-0.1, -0.05) is 20.8 Å². The van der Waals surface area contributed by atoms with Gasteiger partial charge in [0.1, 0.15) is 0 Å². The van der Waals surface area contributed by atoms with E-state index in [1.807, 2.05) is 20.8 Å². The van der Waals surface area contributed by atoms with Gasteiger partial charge in [-0.15, -0.1) is 0 Å². The van der Waals surface area contributed by atoms with Crippen LogP contribution in [-0.4, -0.2) is 19.9 Å². The van der Waals surface area contributed by atoms with E-state index in [1.54, 1.807) is 0 Å². The SMILES string of the molecule is CC(C)(C)CNS(=O)(=O)c1ccc(N)cc1[N+](=O)[O-]. The standard InChI is InChI=1S/C11H17N3O4S/c1-11(2,3)7-13-19(17,18)10-5-4-8(12)6-9(10)14(15)16/h4-6,13H,7,12H2,1-3H3. The van der Waals surface area contributed by atoms with Crippen LogP contribution in [0.2, 0.25) is 0 Å². The fraction of sp³-hybridized carbons (Fsp3) is 0.455. The van der Waals surface area contributed by atoms with Crippen molar-refractivity contribution in [3.63, 3.8) is 0 Å². The zero-order valence-corrected chi connectivity index (χ0v) is 11.8. The highest BCUT2D eigenvalue weighted by atomic mass is 32.2. The molecule has 0 aliphatic heterocycles. The van der Waals surface area contributed by atoms with Crippen molar-refractivity contribution >= 4 is 21.4 Å². The van der Waals surface area contributed by atoms with Crippen LogP contribution in [-0.2, 0) is 10.0 Å². The Hall–Kier alpha value is -1.67. The van der Waals surface area contributed by atoms with Crippen LogP contribution >= 0.6 is 0 Å². The molecular weight excluding hydrogens is 270 g/mol. The molecule has 0 heterocycles. The monoisotopic (exact) mass is 287 g/mol. The van der Waals surface area contributed by atoms with Crippen LogP contribution in [0.5, 0.6) is 0 Å². The summed E-state index contributed by atoms with van der Waals surface area (Å²) in [6.07, 6.45) is 0. The van der Waals surface area contributed by atoms with Crippen molar-refractivity contribution in [1.82, 2.24) is 4.72 Å². The van der Waals surface area contributed by atoms with Crippen LogP contribution in [0.4, 0.5) is 11.4 Å². The smallest absolute Gasteiger partial charge is 0.291 e. The Labute approximate surface area is 112 Å². The molecule has 0 aliphatic carbocycles. The van der Waals surface area contributed by atoms with Gasteiger partial charge in [-0.2, -0.15) is 0 Å². The number of nitro benzene ring substituents is 1. The van der Waals surface area contributed by atoms with E-state index in [0.717, 1.165) is 12.1 Å². The average Bonchev–Trinajstić information content (AvgIpc) is 2.25. The summed E-state index contributed by atoms with van der Waals surface area (Å²) >= 11 is 0. The van der Waals surface area contributed by atoms with Gasteiger partial charge in [-0.25, -0.2) is 13.1 Å². The minimum Gasteiger partial charge on any atom is -0.399 e. The summed E-state index contributed by atoms with van der Waals surface area (Å²) in [7, 11) is -3.93. The molecule has 0 aromatic heterocycles. The number of nitrogens with two attached hydrogens (primary N) is 1. The van der Waals surface area contributed by atoms with E-state index in [2.05, 4.69) is 4.72 Å². The predicted molar refractivity (Wildman–Crippen MR) is 72.2 cm³/mol. The number of rotatable bonds is 4. The second-order valence-electron chi connectivity index (χ2n) is 5.37. The zero-order valence-electron chi connectivity index (χ0n) is 11.0. The molecule has 0 aliphatic rings. The van der Waals surface area contributed by atoms with Crippen molar-refractivity contribution in [3.05, 3.63) is 28.3 Å². The molecule has 19 heavy (non-hydrogen) atoms. The fourth-order valence-electron chi connectivity index (χ4n) is 1.29. The molecule has 106 valence electrons. The van der Waals surface area contributed by atoms with Gasteiger partial charge in [-0.3, -0.25) is 10.1 Å². The van der Waals surface area contributed by atoms with Crippen molar-refractivity contribution in [3.8, 4) is 0 Å². The first-order valence-electron chi connectivity index (χ1n) is 5.56. The van der Waals surface area contributed by atoms with Crippen molar-refractivity contribution in [1.29, 1.82) is 0 Å². The Morgan fingerprint density at radius 3 is 2.42 bits per heavy atom. The molecule has 0 saturated heterocycles. The third-order valence-electron chi connectivity index (χ3n) is 2.26. The van der Waals surface area contributed by atoms with Gasteiger partial charge < -0.3 is 5.73 Å². The van der Waals surface area contributed by atoms with E-state index in [0.29, 0.717) is 0 Å². The summed E-state index contributed by atoms with van der Waals surface area (Å²) in [4.78, 5) is 9.74. The highest BCUT2D eigenvalue weighted by molar-refractivity contribution is 7.89. The molecule has 0 bridgehead atoms. The summed E-state index contributed by atoms with van der Waals surface area (Å²) in [5.41, 5.74) is 4.78. The molecule has 1 rings (SSSR count). The maximum Gasteiger partial charge on any atom is 0.291 e. The number of hydrogen-bond donors (Lipinski definition) is 2. The van der Waals surface area contributed by atoms with E-state index in [9.17, 15) is 18.5 Å². The number of nitrogens with zero attached hydrogens (tertiary/aromatic N) is 1. The lowest BCUT2D eigenvalue weighted by molar-refractivity contribution is -0.387. The fourth-order valence-corrected chi connectivity index (χ4v) is 2.73. The maximum atomic E-state index is 12.1.